The minimum atomic E-state index is -0.852. The van der Waals surface area contributed by atoms with Crippen molar-refractivity contribution in [2.24, 2.45) is 5.10 Å². The zero-order valence-electron chi connectivity index (χ0n) is 16.1. The third-order valence-corrected chi connectivity index (χ3v) is 4.09. The molecular formula is C21H20N4O4. The molecule has 29 heavy (non-hydrogen) atoms. The lowest BCUT2D eigenvalue weighted by Crippen LogP contribution is -2.45. The van der Waals surface area contributed by atoms with Gasteiger partial charge in [-0.3, -0.25) is 4.79 Å². The molecule has 0 amide bonds. The summed E-state index contributed by atoms with van der Waals surface area (Å²) in [6.07, 6.45) is 1.44. The monoisotopic (exact) mass is 392 g/mol. The molecule has 0 radical (unpaired) electrons. The highest BCUT2D eigenvalue weighted by atomic mass is 16.5. The predicted molar refractivity (Wildman–Crippen MR) is 103 cm³/mol. The van der Waals surface area contributed by atoms with Gasteiger partial charge in [0.15, 0.2) is 12.4 Å². The Labute approximate surface area is 167 Å². The fourth-order valence-corrected chi connectivity index (χ4v) is 2.60. The maximum Gasteiger partial charge on any atom is 0.383 e. The van der Waals surface area contributed by atoms with E-state index in [1.165, 1.54) is 6.21 Å². The van der Waals surface area contributed by atoms with Crippen molar-refractivity contribution in [3.63, 3.8) is 0 Å². The number of hydrogen-bond donors (Lipinski definition) is 0. The van der Waals surface area contributed by atoms with Gasteiger partial charge in [0, 0.05) is 5.56 Å². The Morgan fingerprint density at radius 1 is 1.17 bits per heavy atom. The number of nitrogens with zero attached hydrogens (tertiary/aromatic N) is 4. The molecule has 0 N–H and O–H groups in total. The van der Waals surface area contributed by atoms with Crippen molar-refractivity contribution >= 4 is 18.0 Å². The van der Waals surface area contributed by atoms with E-state index in [0.29, 0.717) is 5.56 Å². The molecule has 1 heterocycles. The number of hydrogen-bond acceptors (Lipinski definition) is 6. The highest BCUT2D eigenvalue weighted by Gasteiger charge is 2.29. The number of ketones is 1. The second-order valence-corrected chi connectivity index (χ2v) is 6.26. The van der Waals surface area contributed by atoms with Gasteiger partial charge in [-0.25, -0.2) is 4.79 Å². The molecule has 8 heteroatoms. The van der Waals surface area contributed by atoms with Crippen molar-refractivity contribution in [3.8, 4) is 5.88 Å². The third-order valence-electron chi connectivity index (χ3n) is 4.09. The molecule has 0 saturated heterocycles. The summed E-state index contributed by atoms with van der Waals surface area (Å²) >= 11 is 0. The van der Waals surface area contributed by atoms with Crippen molar-refractivity contribution < 1.29 is 24.1 Å². The first-order valence-corrected chi connectivity index (χ1v) is 9.06. The number of rotatable bonds is 7. The van der Waals surface area contributed by atoms with Gasteiger partial charge in [-0.1, -0.05) is 65.3 Å². The lowest BCUT2D eigenvalue weighted by atomic mass is 10.1. The van der Waals surface area contributed by atoms with Crippen LogP contribution in [0.3, 0.4) is 0 Å². The molecule has 1 aromatic heterocycles. The number of ether oxygens (including phenoxy) is 1. The van der Waals surface area contributed by atoms with Crippen molar-refractivity contribution in [2.75, 3.05) is 6.61 Å². The van der Waals surface area contributed by atoms with Gasteiger partial charge >= 0.3 is 5.97 Å². The maximum absolute atomic E-state index is 12.6. The average Bonchev–Trinajstić information content (AvgIpc) is 3.02. The molecule has 0 atom stereocenters. The standard InChI is InChI=1S/C21H20N4O4/c1-3-29-21(28)19-20(27)25(22-13-16-7-5-4-6-8-16)23-24(19)14-18(26)17-11-9-15(2)10-12-17/h4-13H,3,14H2,1-2H3. The van der Waals surface area contributed by atoms with E-state index < -0.39 is 11.8 Å². The molecule has 8 nitrogen and oxygen atoms in total. The topological polar surface area (TPSA) is 100 Å². The molecule has 0 aliphatic heterocycles. The average molecular weight is 392 g/mol. The summed E-state index contributed by atoms with van der Waals surface area (Å²) in [5.74, 6) is -1.90. The molecule has 2 aromatic carbocycles. The summed E-state index contributed by atoms with van der Waals surface area (Å²) in [7, 11) is 0. The zero-order valence-corrected chi connectivity index (χ0v) is 16.1. The van der Waals surface area contributed by atoms with E-state index >= 15 is 0 Å². The van der Waals surface area contributed by atoms with E-state index in [4.69, 9.17) is 4.74 Å². The van der Waals surface area contributed by atoms with Gasteiger partial charge in [0.25, 0.3) is 5.69 Å². The van der Waals surface area contributed by atoms with Gasteiger partial charge < -0.3 is 9.84 Å². The fourth-order valence-electron chi connectivity index (χ4n) is 2.60. The van der Waals surface area contributed by atoms with Crippen LogP contribution in [-0.2, 0) is 11.3 Å². The smallest absolute Gasteiger partial charge is 0.383 e. The molecule has 0 spiro atoms. The van der Waals surface area contributed by atoms with Crippen LogP contribution in [0.15, 0.2) is 59.7 Å². The van der Waals surface area contributed by atoms with Crippen molar-refractivity contribution in [1.29, 1.82) is 0 Å². The van der Waals surface area contributed by atoms with Crippen LogP contribution in [0.25, 0.3) is 0 Å². The number of carbonyl (C=O) groups is 2. The number of carbonyl (C=O) groups excluding carboxylic acids is 2. The SMILES string of the molecule is CCOC(=O)c1c([O-])n(N=Cc2ccccc2)n[n+]1CC(=O)c1ccc(C)cc1. The molecule has 0 aliphatic carbocycles. The van der Waals surface area contributed by atoms with Crippen LogP contribution in [0, 0.1) is 6.92 Å². The third kappa shape index (κ3) is 4.73. The summed E-state index contributed by atoms with van der Waals surface area (Å²) in [4.78, 5) is 25.7. The molecular weight excluding hydrogens is 372 g/mol. The Balaban J connectivity index is 1.93. The van der Waals surface area contributed by atoms with Gasteiger partial charge in [-0.2, -0.15) is 0 Å². The zero-order chi connectivity index (χ0) is 20.8. The van der Waals surface area contributed by atoms with Gasteiger partial charge in [0.1, 0.15) is 5.21 Å². The Morgan fingerprint density at radius 2 is 1.86 bits per heavy atom. The summed E-state index contributed by atoms with van der Waals surface area (Å²) in [6.45, 7) is 3.34. The molecule has 0 bridgehead atoms. The van der Waals surface area contributed by atoms with Crippen LogP contribution in [0.2, 0.25) is 0 Å². The van der Waals surface area contributed by atoms with E-state index in [1.807, 2.05) is 37.3 Å². The van der Waals surface area contributed by atoms with Gasteiger partial charge in [0.2, 0.25) is 5.78 Å². The first kappa shape index (κ1) is 19.9. The Kier molecular flexibility index (Phi) is 6.13. The first-order valence-electron chi connectivity index (χ1n) is 9.06. The fraction of sp³-hybridized carbons (Fsp3) is 0.190. The minimum absolute atomic E-state index is 0.0860. The highest BCUT2D eigenvalue weighted by molar-refractivity contribution is 5.95. The number of Topliss-reactive ketones (excluding diaryl/α,β-unsaturated/α-hetero) is 1. The van der Waals surface area contributed by atoms with E-state index in [0.717, 1.165) is 20.6 Å². The molecule has 148 valence electrons. The quantitative estimate of drug-likeness (QED) is 0.262. The lowest BCUT2D eigenvalue weighted by Gasteiger charge is -2.03. The second-order valence-electron chi connectivity index (χ2n) is 6.26. The van der Waals surface area contributed by atoms with E-state index in [9.17, 15) is 14.7 Å². The normalized spacial score (nSPS) is 11.0. The molecule has 3 aromatic rings. The van der Waals surface area contributed by atoms with Crippen molar-refractivity contribution in [1.82, 2.24) is 10.0 Å². The molecule has 0 saturated carbocycles. The van der Waals surface area contributed by atoms with Crippen LogP contribution >= 0.6 is 0 Å². The summed E-state index contributed by atoms with van der Waals surface area (Å²) < 4.78 is 5.98. The van der Waals surface area contributed by atoms with Crippen molar-refractivity contribution in [3.05, 3.63) is 77.0 Å². The molecule has 3 rings (SSSR count). The van der Waals surface area contributed by atoms with E-state index in [2.05, 4.69) is 10.3 Å². The van der Waals surface area contributed by atoms with E-state index in [-0.39, 0.29) is 24.6 Å². The molecule has 0 aliphatic rings. The van der Waals surface area contributed by atoms with Crippen LogP contribution in [-0.4, -0.2) is 34.6 Å². The van der Waals surface area contributed by atoms with Crippen molar-refractivity contribution in [2.45, 2.75) is 20.4 Å². The number of esters is 1. The maximum atomic E-state index is 12.6. The summed E-state index contributed by atoms with van der Waals surface area (Å²) in [6, 6.07) is 16.1. The van der Waals surface area contributed by atoms with Gasteiger partial charge in [0.05, 0.1) is 12.8 Å². The molecule has 0 unspecified atom stereocenters. The number of aromatic nitrogens is 3. The predicted octanol–water partition coefficient (Wildman–Crippen LogP) is 1.49. The Bertz CT molecular complexity index is 1040. The largest absolute Gasteiger partial charge is 0.836 e. The minimum Gasteiger partial charge on any atom is -0.836 e. The van der Waals surface area contributed by atoms with E-state index in [1.54, 1.807) is 31.2 Å². The van der Waals surface area contributed by atoms with Crippen LogP contribution in [0.1, 0.15) is 38.9 Å². The van der Waals surface area contributed by atoms with Crippen LogP contribution < -0.4 is 9.79 Å². The number of benzene rings is 2. The second kappa shape index (κ2) is 8.92. The van der Waals surface area contributed by atoms with Gasteiger partial charge in [-0.15, -0.1) is 4.68 Å². The van der Waals surface area contributed by atoms with Crippen LogP contribution in [0.5, 0.6) is 5.88 Å². The first-order chi connectivity index (χ1) is 14.0. The number of aryl methyl sites for hydroxylation is 1. The summed E-state index contributed by atoms with van der Waals surface area (Å²) in [5.41, 5.74) is 1.87. The summed E-state index contributed by atoms with van der Waals surface area (Å²) in [5, 5.41) is 20.7. The molecule has 0 fully saturated rings. The Hall–Kier alpha value is -3.81. The van der Waals surface area contributed by atoms with Gasteiger partial charge in [-0.05, 0) is 24.2 Å². The highest BCUT2D eigenvalue weighted by Crippen LogP contribution is 2.11. The Morgan fingerprint density at radius 3 is 2.52 bits per heavy atom. The lowest BCUT2D eigenvalue weighted by molar-refractivity contribution is -0.745. The van der Waals surface area contributed by atoms with Crippen LogP contribution in [0.4, 0.5) is 0 Å².